The molecule has 0 aromatic rings. The summed E-state index contributed by atoms with van der Waals surface area (Å²) in [7, 11) is 0. The molecule has 0 aromatic carbocycles. The number of rotatable bonds is 0. The zero-order valence-corrected chi connectivity index (χ0v) is 8.22. The second-order valence-electron chi connectivity index (χ2n) is 3.60. The van der Waals surface area contributed by atoms with E-state index >= 15 is 0 Å². The third-order valence-corrected chi connectivity index (χ3v) is 2.13. The average Bonchev–Trinajstić information content (AvgIpc) is 2.10. The van der Waals surface area contributed by atoms with Crippen LogP contribution in [0.3, 0.4) is 0 Å². The van der Waals surface area contributed by atoms with Crippen molar-refractivity contribution in [3.05, 3.63) is 12.2 Å². The molecule has 0 saturated heterocycles. The summed E-state index contributed by atoms with van der Waals surface area (Å²) < 4.78 is 5.00. The molecule has 4 heteroatoms. The first kappa shape index (κ1) is 11.2. The second kappa shape index (κ2) is 5.12. The fourth-order valence-corrected chi connectivity index (χ4v) is 1.33. The highest BCUT2D eigenvalue weighted by Crippen LogP contribution is 2.10. The smallest absolute Gasteiger partial charge is 0.309 e. The lowest BCUT2D eigenvalue weighted by Gasteiger charge is -2.17. The molecular weight excluding hydrogens is 184 g/mol. The standard InChI is InChI=1S/C10H16O4/c1-7-2-3-8(11)4-5-9(12)6-10(13)14-7/h4-5,7-9,11-12H,2-3,6H2,1H3/t7-,8-,9-/m1/s1. The zero-order chi connectivity index (χ0) is 10.6. The normalized spacial score (nSPS) is 35.1. The van der Waals surface area contributed by atoms with Crippen molar-refractivity contribution in [2.75, 3.05) is 0 Å². The Kier molecular flexibility index (Phi) is 4.10. The van der Waals surface area contributed by atoms with Crippen molar-refractivity contribution >= 4 is 5.97 Å². The van der Waals surface area contributed by atoms with Crippen LogP contribution in [0, 0.1) is 0 Å². The third kappa shape index (κ3) is 3.89. The molecule has 1 heterocycles. The Morgan fingerprint density at radius 1 is 1.29 bits per heavy atom. The van der Waals surface area contributed by atoms with Crippen LogP contribution in [0.5, 0.6) is 0 Å². The van der Waals surface area contributed by atoms with E-state index in [1.54, 1.807) is 6.92 Å². The number of carbonyl (C=O) groups is 1. The number of hydrogen-bond acceptors (Lipinski definition) is 4. The van der Waals surface area contributed by atoms with Gasteiger partial charge in [0.15, 0.2) is 0 Å². The van der Waals surface area contributed by atoms with Gasteiger partial charge in [0.05, 0.1) is 24.7 Å². The monoisotopic (exact) mass is 200 g/mol. The van der Waals surface area contributed by atoms with Gasteiger partial charge >= 0.3 is 5.97 Å². The molecule has 0 bridgehead atoms. The van der Waals surface area contributed by atoms with Crippen molar-refractivity contribution in [3.63, 3.8) is 0 Å². The number of esters is 1. The van der Waals surface area contributed by atoms with Gasteiger partial charge in [-0.2, -0.15) is 0 Å². The van der Waals surface area contributed by atoms with Crippen molar-refractivity contribution in [1.29, 1.82) is 0 Å². The van der Waals surface area contributed by atoms with Crippen molar-refractivity contribution in [2.24, 2.45) is 0 Å². The predicted molar refractivity (Wildman–Crippen MR) is 50.6 cm³/mol. The van der Waals surface area contributed by atoms with Crippen LogP contribution in [-0.4, -0.2) is 34.5 Å². The van der Waals surface area contributed by atoms with E-state index in [1.165, 1.54) is 12.2 Å². The summed E-state index contributed by atoms with van der Waals surface area (Å²) in [4.78, 5) is 11.1. The summed E-state index contributed by atoms with van der Waals surface area (Å²) in [6.07, 6.45) is 2.46. The van der Waals surface area contributed by atoms with E-state index in [4.69, 9.17) is 4.74 Å². The lowest BCUT2D eigenvalue weighted by molar-refractivity contribution is -0.150. The van der Waals surface area contributed by atoms with E-state index in [1.807, 2.05) is 0 Å². The molecule has 0 radical (unpaired) electrons. The highest BCUT2D eigenvalue weighted by molar-refractivity contribution is 5.70. The molecule has 0 aromatic heterocycles. The Labute approximate surface area is 83.2 Å². The molecular formula is C10H16O4. The maximum atomic E-state index is 11.1. The lowest BCUT2D eigenvalue weighted by Crippen LogP contribution is -2.22. The molecule has 2 N–H and O–H groups in total. The van der Waals surface area contributed by atoms with E-state index in [0.29, 0.717) is 12.8 Å². The number of aliphatic hydroxyl groups excluding tert-OH is 2. The quantitative estimate of drug-likeness (QED) is 0.438. The first-order valence-corrected chi connectivity index (χ1v) is 4.82. The van der Waals surface area contributed by atoms with E-state index in [-0.39, 0.29) is 12.5 Å². The second-order valence-corrected chi connectivity index (χ2v) is 3.60. The molecule has 14 heavy (non-hydrogen) atoms. The topological polar surface area (TPSA) is 66.8 Å². The maximum absolute atomic E-state index is 11.1. The van der Waals surface area contributed by atoms with Gasteiger partial charge < -0.3 is 14.9 Å². The molecule has 1 aliphatic heterocycles. The lowest BCUT2D eigenvalue weighted by atomic mass is 10.1. The molecule has 0 saturated carbocycles. The predicted octanol–water partition coefficient (Wildman–Crippen LogP) is 0.380. The Morgan fingerprint density at radius 3 is 2.64 bits per heavy atom. The van der Waals surface area contributed by atoms with Gasteiger partial charge in [0.1, 0.15) is 0 Å². The first-order valence-electron chi connectivity index (χ1n) is 4.82. The van der Waals surface area contributed by atoms with E-state index in [0.717, 1.165) is 0 Å². The number of aliphatic hydroxyl groups is 2. The fraction of sp³-hybridized carbons (Fsp3) is 0.700. The van der Waals surface area contributed by atoms with Gasteiger partial charge in [0.25, 0.3) is 0 Å². The van der Waals surface area contributed by atoms with Gasteiger partial charge in [-0.15, -0.1) is 0 Å². The van der Waals surface area contributed by atoms with Gasteiger partial charge in [0.2, 0.25) is 0 Å². The molecule has 0 spiro atoms. The third-order valence-electron chi connectivity index (χ3n) is 2.13. The molecule has 0 amide bonds. The Balaban J connectivity index is 2.60. The Morgan fingerprint density at radius 2 is 1.93 bits per heavy atom. The molecule has 0 fully saturated rings. The highest BCUT2D eigenvalue weighted by Gasteiger charge is 2.16. The fourth-order valence-electron chi connectivity index (χ4n) is 1.33. The van der Waals surface area contributed by atoms with Crippen LogP contribution in [0.2, 0.25) is 0 Å². The average molecular weight is 200 g/mol. The van der Waals surface area contributed by atoms with Gasteiger partial charge in [-0.1, -0.05) is 12.2 Å². The molecule has 4 nitrogen and oxygen atoms in total. The number of cyclic esters (lactones) is 1. The van der Waals surface area contributed by atoms with Crippen LogP contribution < -0.4 is 0 Å². The van der Waals surface area contributed by atoms with Gasteiger partial charge in [0, 0.05) is 0 Å². The van der Waals surface area contributed by atoms with Crippen molar-refractivity contribution < 1.29 is 19.7 Å². The highest BCUT2D eigenvalue weighted by atomic mass is 16.5. The van der Waals surface area contributed by atoms with E-state index in [9.17, 15) is 15.0 Å². The van der Waals surface area contributed by atoms with Crippen molar-refractivity contribution in [3.8, 4) is 0 Å². The van der Waals surface area contributed by atoms with Gasteiger partial charge in [-0.25, -0.2) is 0 Å². The van der Waals surface area contributed by atoms with Crippen LogP contribution in [0.1, 0.15) is 26.2 Å². The summed E-state index contributed by atoms with van der Waals surface area (Å²) in [5.41, 5.74) is 0. The molecule has 1 aliphatic rings. The molecule has 1 rings (SSSR count). The zero-order valence-electron chi connectivity index (χ0n) is 8.22. The SMILES string of the molecule is C[C@@H]1CC[C@@H](O)C=C[C@@H](O)CC(=O)O1. The summed E-state index contributed by atoms with van der Waals surface area (Å²) in [6, 6.07) is 0. The van der Waals surface area contributed by atoms with Crippen molar-refractivity contribution in [1.82, 2.24) is 0 Å². The first-order chi connectivity index (χ1) is 6.58. The van der Waals surface area contributed by atoms with E-state index in [2.05, 4.69) is 0 Å². The Hall–Kier alpha value is -0.870. The van der Waals surface area contributed by atoms with Gasteiger partial charge in [-0.05, 0) is 19.8 Å². The summed E-state index contributed by atoms with van der Waals surface area (Å²) in [5, 5.41) is 18.7. The number of carbonyl (C=O) groups excluding carboxylic acids is 1. The van der Waals surface area contributed by atoms with Crippen LogP contribution in [0.4, 0.5) is 0 Å². The largest absolute Gasteiger partial charge is 0.463 e. The minimum absolute atomic E-state index is 0.0481. The van der Waals surface area contributed by atoms with E-state index < -0.39 is 18.2 Å². The van der Waals surface area contributed by atoms with Crippen LogP contribution in [0.15, 0.2) is 12.2 Å². The van der Waals surface area contributed by atoms with Crippen LogP contribution >= 0.6 is 0 Å². The molecule has 0 unspecified atom stereocenters. The summed E-state index contributed by atoms with van der Waals surface area (Å²) in [5.74, 6) is -0.397. The summed E-state index contributed by atoms with van der Waals surface area (Å²) >= 11 is 0. The summed E-state index contributed by atoms with van der Waals surface area (Å²) in [6.45, 7) is 1.78. The van der Waals surface area contributed by atoms with Crippen LogP contribution in [0.25, 0.3) is 0 Å². The number of hydrogen-bond donors (Lipinski definition) is 2. The van der Waals surface area contributed by atoms with Gasteiger partial charge in [-0.3, -0.25) is 4.79 Å². The molecule has 80 valence electrons. The van der Waals surface area contributed by atoms with Crippen molar-refractivity contribution in [2.45, 2.75) is 44.5 Å². The van der Waals surface area contributed by atoms with Crippen LogP contribution in [-0.2, 0) is 9.53 Å². The number of ether oxygens (including phenoxy) is 1. The maximum Gasteiger partial charge on any atom is 0.309 e. The minimum Gasteiger partial charge on any atom is -0.463 e. The molecule has 3 atom stereocenters. The molecule has 0 aliphatic carbocycles. The minimum atomic E-state index is -0.859. The Bertz CT molecular complexity index is 224.